The largest absolute Gasteiger partial charge is 0.384 e. The first kappa shape index (κ1) is 17.7. The summed E-state index contributed by atoms with van der Waals surface area (Å²) in [6.45, 7) is 8.51. The molecule has 0 amide bonds. The number of hydrogen-bond donors (Lipinski definition) is 1. The first-order chi connectivity index (χ1) is 11.0. The van der Waals surface area contributed by atoms with Crippen molar-refractivity contribution >= 4 is 10.8 Å². The first-order valence-electron chi connectivity index (χ1n) is 8.35. The molecule has 2 nitrogen and oxygen atoms in total. The predicted molar refractivity (Wildman–Crippen MR) is 97.5 cm³/mol. The molecule has 2 atom stereocenters. The Morgan fingerprint density at radius 1 is 1.17 bits per heavy atom. The Labute approximate surface area is 139 Å². The van der Waals surface area contributed by atoms with Crippen LogP contribution in [-0.2, 0) is 10.3 Å². The lowest BCUT2D eigenvalue weighted by Gasteiger charge is -2.43. The van der Waals surface area contributed by atoms with Gasteiger partial charge in [-0.2, -0.15) is 0 Å². The molecule has 0 fully saturated rings. The van der Waals surface area contributed by atoms with Crippen LogP contribution < -0.4 is 0 Å². The van der Waals surface area contributed by atoms with Crippen LogP contribution in [0.3, 0.4) is 0 Å². The number of unbranched alkanes of at least 4 members (excludes halogenated alkanes) is 1. The van der Waals surface area contributed by atoms with Crippen molar-refractivity contribution in [1.82, 2.24) is 0 Å². The van der Waals surface area contributed by atoms with E-state index in [2.05, 4.69) is 37.8 Å². The maximum atomic E-state index is 11.5. The average Bonchev–Trinajstić information content (AvgIpc) is 2.58. The molecule has 0 spiro atoms. The molecule has 0 aliphatic heterocycles. The molecule has 2 heteroatoms. The van der Waals surface area contributed by atoms with E-state index in [-0.39, 0.29) is 0 Å². The van der Waals surface area contributed by atoms with Gasteiger partial charge >= 0.3 is 0 Å². The van der Waals surface area contributed by atoms with Crippen LogP contribution in [0.15, 0.2) is 55.1 Å². The third-order valence-electron chi connectivity index (χ3n) is 5.05. The maximum Gasteiger partial charge on any atom is 0.0981 e. The Balaban J connectivity index is 2.50. The lowest BCUT2D eigenvalue weighted by molar-refractivity contribution is -0.0881. The summed E-state index contributed by atoms with van der Waals surface area (Å²) < 4.78 is 5.46. The molecule has 0 heterocycles. The Bertz CT molecular complexity index is 660. The number of rotatable bonds is 8. The van der Waals surface area contributed by atoms with Gasteiger partial charge in [-0.25, -0.2) is 0 Å². The summed E-state index contributed by atoms with van der Waals surface area (Å²) in [5.41, 5.74) is -0.631. The maximum absolute atomic E-state index is 11.5. The van der Waals surface area contributed by atoms with Crippen LogP contribution in [0.2, 0.25) is 0 Å². The number of hydrogen-bond acceptors (Lipinski definition) is 2. The lowest BCUT2D eigenvalue weighted by atomic mass is 9.66. The number of fused-ring (bicyclic) bond motifs is 1. The van der Waals surface area contributed by atoms with Crippen molar-refractivity contribution in [2.24, 2.45) is 5.41 Å². The molecule has 0 bridgehead atoms. The summed E-state index contributed by atoms with van der Waals surface area (Å²) in [5.74, 6) is 0. The highest BCUT2D eigenvalue weighted by molar-refractivity contribution is 5.83. The van der Waals surface area contributed by atoms with Crippen LogP contribution >= 0.6 is 0 Å². The highest BCUT2D eigenvalue weighted by Crippen LogP contribution is 2.45. The summed E-state index contributed by atoms with van der Waals surface area (Å²) in [4.78, 5) is 0. The van der Waals surface area contributed by atoms with Gasteiger partial charge in [0.15, 0.2) is 0 Å². The Kier molecular flexibility index (Phi) is 5.61. The monoisotopic (exact) mass is 312 g/mol. The zero-order chi connectivity index (χ0) is 16.9. The van der Waals surface area contributed by atoms with E-state index in [1.54, 1.807) is 7.11 Å². The summed E-state index contributed by atoms with van der Waals surface area (Å²) >= 11 is 0. The van der Waals surface area contributed by atoms with Gasteiger partial charge in [-0.1, -0.05) is 62.2 Å². The minimum absolute atomic E-state index is 0.455. The Morgan fingerprint density at radius 3 is 2.48 bits per heavy atom. The quantitative estimate of drug-likeness (QED) is 0.691. The van der Waals surface area contributed by atoms with Gasteiger partial charge in [0, 0.05) is 12.5 Å². The van der Waals surface area contributed by atoms with Gasteiger partial charge in [-0.3, -0.25) is 0 Å². The molecule has 2 rings (SSSR count). The van der Waals surface area contributed by atoms with Crippen molar-refractivity contribution in [3.63, 3.8) is 0 Å². The molecule has 2 aromatic rings. The fourth-order valence-electron chi connectivity index (χ4n) is 3.35. The molecular weight excluding hydrogens is 284 g/mol. The van der Waals surface area contributed by atoms with Crippen molar-refractivity contribution in [2.75, 3.05) is 13.7 Å². The molecular formula is C21H28O2. The smallest absolute Gasteiger partial charge is 0.0981 e. The Morgan fingerprint density at radius 2 is 1.87 bits per heavy atom. The second-order valence-electron chi connectivity index (χ2n) is 6.53. The summed E-state index contributed by atoms with van der Waals surface area (Å²) in [5, 5.41) is 13.8. The molecule has 2 aromatic carbocycles. The minimum Gasteiger partial charge on any atom is -0.384 e. The lowest BCUT2D eigenvalue weighted by Crippen LogP contribution is -2.45. The molecule has 0 saturated heterocycles. The van der Waals surface area contributed by atoms with E-state index in [0.29, 0.717) is 6.61 Å². The van der Waals surface area contributed by atoms with Gasteiger partial charge in [0.05, 0.1) is 12.2 Å². The second-order valence-corrected chi connectivity index (χ2v) is 6.53. The van der Waals surface area contributed by atoms with Crippen molar-refractivity contribution in [2.45, 2.75) is 38.7 Å². The number of methoxy groups -OCH3 is 1. The van der Waals surface area contributed by atoms with E-state index in [0.717, 1.165) is 30.2 Å². The topological polar surface area (TPSA) is 29.5 Å². The molecule has 23 heavy (non-hydrogen) atoms. The minimum atomic E-state index is -1.04. The van der Waals surface area contributed by atoms with Crippen molar-refractivity contribution in [3.05, 3.63) is 60.7 Å². The van der Waals surface area contributed by atoms with E-state index in [9.17, 15) is 5.11 Å². The molecule has 124 valence electrons. The van der Waals surface area contributed by atoms with Crippen molar-refractivity contribution in [3.8, 4) is 0 Å². The average molecular weight is 312 g/mol. The summed E-state index contributed by atoms with van der Waals surface area (Å²) in [7, 11) is 1.68. The fraction of sp³-hybridized carbons (Fsp3) is 0.429. The van der Waals surface area contributed by atoms with Gasteiger partial charge in [0.2, 0.25) is 0 Å². The SMILES string of the molecule is C=C[C@](CCCC)(COC)[C@](C)(O)c1ccc2ccccc2c1. The van der Waals surface area contributed by atoms with Gasteiger partial charge in [-0.15, -0.1) is 6.58 Å². The fourth-order valence-corrected chi connectivity index (χ4v) is 3.35. The molecule has 0 unspecified atom stereocenters. The van der Waals surface area contributed by atoms with Crippen molar-refractivity contribution in [1.29, 1.82) is 0 Å². The Hall–Kier alpha value is -1.64. The molecule has 1 N–H and O–H groups in total. The van der Waals surface area contributed by atoms with Crippen LogP contribution in [-0.4, -0.2) is 18.8 Å². The van der Waals surface area contributed by atoms with Gasteiger partial charge in [-0.05, 0) is 35.7 Å². The van der Waals surface area contributed by atoms with Crippen LogP contribution in [0, 0.1) is 5.41 Å². The standard InChI is InChI=1S/C21H28O2/c1-5-7-14-21(6-2,16-23-4)20(3,22)19-13-12-17-10-8-9-11-18(17)15-19/h6,8-13,15,22H,2,5,7,14,16H2,1,3-4H3/t20-,21+/m1/s1. The number of benzene rings is 2. The summed E-state index contributed by atoms with van der Waals surface area (Å²) in [6.07, 6.45) is 4.83. The second kappa shape index (κ2) is 7.29. The van der Waals surface area contributed by atoms with Crippen molar-refractivity contribution < 1.29 is 9.84 Å². The highest BCUT2D eigenvalue weighted by Gasteiger charge is 2.45. The third-order valence-corrected chi connectivity index (χ3v) is 5.05. The van der Waals surface area contributed by atoms with E-state index >= 15 is 0 Å². The molecule has 0 aliphatic rings. The van der Waals surface area contributed by atoms with Crippen LogP contribution in [0.25, 0.3) is 10.8 Å². The zero-order valence-corrected chi connectivity index (χ0v) is 14.5. The van der Waals surface area contributed by atoms with Crippen LogP contribution in [0.4, 0.5) is 0 Å². The first-order valence-corrected chi connectivity index (χ1v) is 8.35. The normalized spacial score (nSPS) is 16.7. The molecule has 0 aliphatic carbocycles. The van der Waals surface area contributed by atoms with Gasteiger partial charge in [0.1, 0.15) is 0 Å². The van der Waals surface area contributed by atoms with E-state index in [1.807, 2.05) is 31.2 Å². The van der Waals surface area contributed by atoms with E-state index in [4.69, 9.17) is 4.74 Å². The van der Waals surface area contributed by atoms with Gasteiger partial charge < -0.3 is 9.84 Å². The number of aliphatic hydroxyl groups is 1. The molecule has 0 aromatic heterocycles. The molecule has 0 saturated carbocycles. The summed E-state index contributed by atoms with van der Waals surface area (Å²) in [6, 6.07) is 14.4. The third kappa shape index (κ3) is 3.34. The van der Waals surface area contributed by atoms with E-state index in [1.165, 1.54) is 5.39 Å². The zero-order valence-electron chi connectivity index (χ0n) is 14.5. The van der Waals surface area contributed by atoms with Crippen LogP contribution in [0.1, 0.15) is 38.7 Å². The van der Waals surface area contributed by atoms with E-state index < -0.39 is 11.0 Å². The molecule has 0 radical (unpaired) electrons. The number of ether oxygens (including phenoxy) is 1. The predicted octanol–water partition coefficient (Wildman–Crippen LogP) is 5.06. The van der Waals surface area contributed by atoms with Gasteiger partial charge in [0.25, 0.3) is 0 Å². The van der Waals surface area contributed by atoms with Crippen LogP contribution in [0.5, 0.6) is 0 Å². The highest BCUT2D eigenvalue weighted by atomic mass is 16.5.